The SMILES string of the molecule is COc1cc([C@H]2C3=CC[C@@H]4C(=O)N(c5ccc(N=Nc6ccc(N(C)C)cc6)cc5)C(=O)[C@@H]4[C@@H]3C[C@H]3C(=O)N(c4ccc(F)c(Cl)c4)C(=O)[C@@]23C)cc(Br)c1O. The third-order valence-electron chi connectivity index (χ3n) is 11.8. The molecule has 4 aromatic rings. The van der Waals surface area contributed by atoms with Crippen molar-refractivity contribution in [1.29, 1.82) is 0 Å². The highest BCUT2D eigenvalue weighted by Gasteiger charge is 2.67. The molecule has 1 N–H and O–H groups in total. The number of hydrogen-bond acceptors (Lipinski definition) is 9. The van der Waals surface area contributed by atoms with Gasteiger partial charge in [-0.05, 0) is 126 Å². The smallest absolute Gasteiger partial charge is 0.241 e. The van der Waals surface area contributed by atoms with Gasteiger partial charge in [-0.1, -0.05) is 23.3 Å². The average Bonchev–Trinajstić information content (AvgIpc) is 3.55. The van der Waals surface area contributed by atoms with Crippen molar-refractivity contribution >= 4 is 79.6 Å². The Morgan fingerprint density at radius 3 is 2.14 bits per heavy atom. The molecule has 2 heterocycles. The summed E-state index contributed by atoms with van der Waals surface area (Å²) < 4.78 is 20.0. The van der Waals surface area contributed by atoms with Gasteiger partial charge in [0.05, 0.1) is 62.5 Å². The molecule has 4 aliphatic rings. The molecule has 0 bridgehead atoms. The highest BCUT2D eigenvalue weighted by molar-refractivity contribution is 9.10. The monoisotopic (exact) mass is 839 g/mol. The first kappa shape index (κ1) is 37.5. The van der Waals surface area contributed by atoms with Crippen molar-refractivity contribution in [1.82, 2.24) is 0 Å². The Morgan fingerprint density at radius 1 is 0.875 bits per heavy atom. The molecule has 2 aliphatic carbocycles. The van der Waals surface area contributed by atoms with Crippen LogP contribution >= 0.6 is 27.5 Å². The maximum Gasteiger partial charge on any atom is 0.241 e. The fourth-order valence-electron chi connectivity index (χ4n) is 9.04. The number of allylic oxidation sites excluding steroid dienone is 2. The lowest BCUT2D eigenvalue weighted by Gasteiger charge is -2.49. The number of halogens is 3. The van der Waals surface area contributed by atoms with E-state index < -0.39 is 58.5 Å². The summed E-state index contributed by atoms with van der Waals surface area (Å²) in [4.78, 5) is 62.1. The zero-order valence-corrected chi connectivity index (χ0v) is 33.1. The van der Waals surface area contributed by atoms with Crippen LogP contribution in [0.4, 0.5) is 32.8 Å². The Balaban J connectivity index is 1.15. The van der Waals surface area contributed by atoms with Crippen LogP contribution < -0.4 is 19.4 Å². The van der Waals surface area contributed by atoms with E-state index in [2.05, 4.69) is 26.2 Å². The van der Waals surface area contributed by atoms with E-state index in [0.717, 1.165) is 22.2 Å². The number of anilines is 3. The quantitative estimate of drug-likeness (QED) is 0.112. The van der Waals surface area contributed by atoms with Crippen LogP contribution in [0.15, 0.2) is 105 Å². The van der Waals surface area contributed by atoms with Crippen molar-refractivity contribution in [3.05, 3.63) is 111 Å². The first-order valence-electron chi connectivity index (χ1n) is 18.0. The van der Waals surface area contributed by atoms with Crippen molar-refractivity contribution in [2.75, 3.05) is 35.9 Å². The standard InChI is InChI=1S/C42H36BrClFN5O6/c1-42-30(39(53)50(41(42)55)26-13-16-33(45)32(44)19-26)20-29-27(36(42)21-17-31(43)37(51)34(18-21)56-4)14-15-28-35(29)40(54)49(38(28)52)25-11-7-23(8-12-25)47-46-22-5-9-24(10-6-22)48(2)3/h5-14,16-19,28-30,35-36,51H,15,20H2,1-4H3/t28-,29+,30-,35-,36-,42+/m0/s1. The number of aromatic hydroxyl groups is 1. The number of benzene rings is 4. The summed E-state index contributed by atoms with van der Waals surface area (Å²) in [5.74, 6) is -6.23. The molecule has 2 saturated heterocycles. The summed E-state index contributed by atoms with van der Waals surface area (Å²) in [5, 5.41) is 19.1. The average molecular weight is 841 g/mol. The second-order valence-electron chi connectivity index (χ2n) is 15.0. The molecule has 6 atom stereocenters. The Morgan fingerprint density at radius 2 is 1.52 bits per heavy atom. The van der Waals surface area contributed by atoms with Crippen molar-refractivity contribution in [3.63, 3.8) is 0 Å². The Labute approximate surface area is 335 Å². The van der Waals surface area contributed by atoms with Gasteiger partial charge in [-0.15, -0.1) is 0 Å². The number of methoxy groups -OCH3 is 1. The van der Waals surface area contributed by atoms with Crippen LogP contribution in [0.3, 0.4) is 0 Å². The lowest BCUT2D eigenvalue weighted by atomic mass is 9.51. The molecule has 1 saturated carbocycles. The van der Waals surface area contributed by atoms with Gasteiger partial charge >= 0.3 is 0 Å². The van der Waals surface area contributed by atoms with Crippen LogP contribution in [-0.4, -0.2) is 49.9 Å². The molecule has 8 rings (SSSR count). The predicted octanol–water partition coefficient (Wildman–Crippen LogP) is 8.87. The van der Waals surface area contributed by atoms with Crippen LogP contribution in [0.5, 0.6) is 11.5 Å². The highest BCUT2D eigenvalue weighted by atomic mass is 79.9. The maximum absolute atomic E-state index is 14.7. The molecule has 0 aromatic heterocycles. The minimum Gasteiger partial charge on any atom is -0.503 e. The van der Waals surface area contributed by atoms with Crippen molar-refractivity contribution in [2.24, 2.45) is 39.3 Å². The minimum absolute atomic E-state index is 0.119. The van der Waals surface area contributed by atoms with E-state index in [4.69, 9.17) is 16.3 Å². The minimum atomic E-state index is -1.38. The van der Waals surface area contributed by atoms with E-state index in [1.165, 1.54) is 24.1 Å². The maximum atomic E-state index is 14.7. The number of rotatable bonds is 7. The largest absolute Gasteiger partial charge is 0.503 e. The van der Waals surface area contributed by atoms with Crippen LogP contribution in [0, 0.1) is 34.9 Å². The van der Waals surface area contributed by atoms with Gasteiger partial charge < -0.3 is 14.7 Å². The van der Waals surface area contributed by atoms with E-state index in [1.54, 1.807) is 43.3 Å². The topological polar surface area (TPSA) is 132 Å². The highest BCUT2D eigenvalue weighted by Crippen LogP contribution is 2.64. The summed E-state index contributed by atoms with van der Waals surface area (Å²) in [6, 6.07) is 21.3. The first-order chi connectivity index (χ1) is 26.7. The molecular formula is C42H36BrClFN5O6. The fourth-order valence-corrected chi connectivity index (χ4v) is 9.67. The summed E-state index contributed by atoms with van der Waals surface area (Å²) >= 11 is 9.54. The van der Waals surface area contributed by atoms with Gasteiger partial charge in [0.25, 0.3) is 0 Å². The van der Waals surface area contributed by atoms with Gasteiger partial charge in [-0.25, -0.2) is 9.29 Å². The zero-order valence-electron chi connectivity index (χ0n) is 30.7. The van der Waals surface area contributed by atoms with Gasteiger partial charge in [-0.3, -0.25) is 24.1 Å². The molecular weight excluding hydrogens is 805 g/mol. The number of hydrogen-bond donors (Lipinski definition) is 1. The number of carbonyl (C=O) groups excluding carboxylic acids is 4. The van der Waals surface area contributed by atoms with Gasteiger partial charge in [0.15, 0.2) is 11.5 Å². The van der Waals surface area contributed by atoms with E-state index in [-0.39, 0.29) is 41.0 Å². The van der Waals surface area contributed by atoms with Gasteiger partial charge in [0, 0.05) is 25.7 Å². The zero-order chi connectivity index (χ0) is 39.8. The molecule has 11 nitrogen and oxygen atoms in total. The molecule has 2 aliphatic heterocycles. The van der Waals surface area contributed by atoms with Gasteiger partial charge in [0.1, 0.15) is 5.82 Å². The molecule has 286 valence electrons. The van der Waals surface area contributed by atoms with E-state index in [9.17, 15) is 28.7 Å². The van der Waals surface area contributed by atoms with E-state index in [1.807, 2.05) is 49.3 Å². The lowest BCUT2D eigenvalue weighted by molar-refractivity contribution is -0.131. The van der Waals surface area contributed by atoms with Crippen LogP contribution in [0.25, 0.3) is 0 Å². The molecule has 0 spiro atoms. The molecule has 14 heteroatoms. The molecule has 56 heavy (non-hydrogen) atoms. The molecule has 3 fully saturated rings. The number of phenols is 1. The number of ether oxygens (including phenoxy) is 1. The Kier molecular flexibility index (Phi) is 9.36. The lowest BCUT2D eigenvalue weighted by Crippen LogP contribution is -2.48. The normalized spacial score (nSPS) is 25.7. The second-order valence-corrected chi connectivity index (χ2v) is 16.2. The Bertz CT molecular complexity index is 2390. The third kappa shape index (κ3) is 5.82. The summed E-state index contributed by atoms with van der Waals surface area (Å²) in [5.41, 5.74) is 2.70. The number of carbonyl (C=O) groups is 4. The van der Waals surface area contributed by atoms with Crippen LogP contribution in [0.2, 0.25) is 5.02 Å². The molecule has 0 radical (unpaired) electrons. The Hall–Kier alpha value is -5.40. The number of azo groups is 1. The van der Waals surface area contributed by atoms with Gasteiger partial charge in [-0.2, -0.15) is 10.2 Å². The number of amides is 4. The van der Waals surface area contributed by atoms with Crippen molar-refractivity contribution in [2.45, 2.75) is 25.7 Å². The van der Waals surface area contributed by atoms with Crippen LogP contribution in [0.1, 0.15) is 31.2 Å². The summed E-state index contributed by atoms with van der Waals surface area (Å²) in [6.07, 6.45) is 2.29. The second kappa shape index (κ2) is 14.0. The van der Waals surface area contributed by atoms with Gasteiger partial charge in [0.2, 0.25) is 23.6 Å². The molecule has 0 unspecified atom stereocenters. The number of imide groups is 2. The molecule has 4 aromatic carbocycles. The predicted molar refractivity (Wildman–Crippen MR) is 212 cm³/mol. The van der Waals surface area contributed by atoms with Crippen molar-refractivity contribution < 1.29 is 33.4 Å². The van der Waals surface area contributed by atoms with Crippen LogP contribution in [-0.2, 0) is 19.2 Å². The summed E-state index contributed by atoms with van der Waals surface area (Å²) in [6.45, 7) is 1.73. The fraction of sp³-hybridized carbons (Fsp3) is 0.286. The third-order valence-corrected chi connectivity index (χ3v) is 12.7. The van der Waals surface area contributed by atoms with E-state index in [0.29, 0.717) is 27.1 Å². The number of fused-ring (bicyclic) bond motifs is 4. The van der Waals surface area contributed by atoms with Crippen molar-refractivity contribution in [3.8, 4) is 11.5 Å². The molecule has 4 amide bonds. The summed E-state index contributed by atoms with van der Waals surface area (Å²) in [7, 11) is 5.31. The van der Waals surface area contributed by atoms with E-state index >= 15 is 0 Å². The first-order valence-corrected chi connectivity index (χ1v) is 19.2. The number of nitrogens with zero attached hydrogens (tertiary/aromatic N) is 5. The number of phenolic OH excluding ortho intramolecular Hbond substituents is 1.